The molecule has 0 radical (unpaired) electrons. The third-order valence-corrected chi connectivity index (χ3v) is 8.24. The Balaban J connectivity index is 1.43. The van der Waals surface area contributed by atoms with E-state index in [0.29, 0.717) is 15.7 Å². The number of nitrogens with zero attached hydrogens (tertiary/aromatic N) is 3. The van der Waals surface area contributed by atoms with Gasteiger partial charge in [0.05, 0.1) is 17.4 Å². The summed E-state index contributed by atoms with van der Waals surface area (Å²) in [5.74, 6) is 0.524. The van der Waals surface area contributed by atoms with Crippen LogP contribution in [0.5, 0.6) is 0 Å². The molecule has 0 aromatic carbocycles. The van der Waals surface area contributed by atoms with Crippen molar-refractivity contribution in [1.29, 1.82) is 0 Å². The predicted octanol–water partition coefficient (Wildman–Crippen LogP) is 4.70. The second-order valence-electron chi connectivity index (χ2n) is 7.92. The van der Waals surface area contributed by atoms with Crippen LogP contribution in [0.2, 0.25) is 0 Å². The van der Waals surface area contributed by atoms with E-state index in [1.165, 1.54) is 32.9 Å². The van der Waals surface area contributed by atoms with Gasteiger partial charge in [0.25, 0.3) is 0 Å². The smallest absolute Gasteiger partial charge is 0.341 e. The van der Waals surface area contributed by atoms with Gasteiger partial charge in [-0.25, -0.2) is 4.79 Å². The summed E-state index contributed by atoms with van der Waals surface area (Å²) < 4.78 is 7.39. The van der Waals surface area contributed by atoms with Gasteiger partial charge >= 0.3 is 5.97 Å². The number of fused-ring (bicyclic) bond motifs is 1. The molecule has 0 unspecified atom stereocenters. The highest BCUT2D eigenvalue weighted by molar-refractivity contribution is 7.99. The highest BCUT2D eigenvalue weighted by Gasteiger charge is 2.28. The zero-order chi connectivity index (χ0) is 22.7. The summed E-state index contributed by atoms with van der Waals surface area (Å²) in [6.45, 7) is 3.67. The number of aromatic nitrogens is 3. The van der Waals surface area contributed by atoms with E-state index >= 15 is 0 Å². The van der Waals surface area contributed by atoms with E-state index in [2.05, 4.69) is 21.6 Å². The standard InChI is InChI=1S/C22H26N4O3S3/c1-13(2)29-21(28)19-15-8-4-5-9-16(15)32-20(19)23-18(27)12-31-22-25-24-17(26(22)3)11-14-7-6-10-30-14/h6-7,10,13H,4-5,8-9,11-12H2,1-3H3,(H,23,27). The molecule has 10 heteroatoms. The summed E-state index contributed by atoms with van der Waals surface area (Å²) in [5.41, 5.74) is 1.58. The first-order chi connectivity index (χ1) is 15.4. The van der Waals surface area contributed by atoms with Crippen molar-refractivity contribution in [2.45, 2.75) is 57.2 Å². The molecule has 0 aliphatic heterocycles. The van der Waals surface area contributed by atoms with Crippen LogP contribution in [0.3, 0.4) is 0 Å². The lowest BCUT2D eigenvalue weighted by molar-refractivity contribution is -0.113. The summed E-state index contributed by atoms with van der Waals surface area (Å²) in [4.78, 5) is 27.9. The molecular weight excluding hydrogens is 464 g/mol. The van der Waals surface area contributed by atoms with Crippen LogP contribution in [0, 0.1) is 0 Å². The van der Waals surface area contributed by atoms with Crippen molar-refractivity contribution in [3.63, 3.8) is 0 Å². The fraction of sp³-hybridized carbons (Fsp3) is 0.455. The van der Waals surface area contributed by atoms with Gasteiger partial charge in [-0.05, 0) is 56.5 Å². The minimum Gasteiger partial charge on any atom is -0.459 e. The van der Waals surface area contributed by atoms with Crippen LogP contribution in [0.4, 0.5) is 5.00 Å². The Bertz CT molecular complexity index is 1100. The largest absolute Gasteiger partial charge is 0.459 e. The van der Waals surface area contributed by atoms with E-state index in [1.54, 1.807) is 11.3 Å². The van der Waals surface area contributed by atoms with Crippen molar-refractivity contribution in [3.8, 4) is 0 Å². The lowest BCUT2D eigenvalue weighted by atomic mass is 9.95. The number of esters is 1. The number of thioether (sulfide) groups is 1. The molecule has 1 N–H and O–H groups in total. The summed E-state index contributed by atoms with van der Waals surface area (Å²) in [6, 6.07) is 4.09. The molecule has 3 aromatic heterocycles. The molecule has 1 aliphatic rings. The minimum atomic E-state index is -0.353. The number of carbonyl (C=O) groups excluding carboxylic acids is 2. The van der Waals surface area contributed by atoms with Gasteiger partial charge in [-0.15, -0.1) is 32.9 Å². The SMILES string of the molecule is CC(C)OC(=O)c1c(NC(=O)CSc2nnc(Cc3cccs3)n2C)sc2c1CCCC2. The maximum absolute atomic E-state index is 12.8. The molecule has 0 saturated heterocycles. The fourth-order valence-electron chi connectivity index (χ4n) is 3.63. The van der Waals surface area contributed by atoms with Gasteiger partial charge in [-0.1, -0.05) is 17.8 Å². The maximum atomic E-state index is 12.8. The number of aryl methyl sites for hydroxylation is 1. The first-order valence-corrected chi connectivity index (χ1v) is 13.3. The number of nitrogens with one attached hydrogen (secondary N) is 1. The molecule has 3 heterocycles. The molecule has 1 aliphatic carbocycles. The van der Waals surface area contributed by atoms with E-state index in [1.807, 2.05) is 36.9 Å². The van der Waals surface area contributed by atoms with E-state index in [-0.39, 0.29) is 23.7 Å². The van der Waals surface area contributed by atoms with Gasteiger partial charge in [0.15, 0.2) is 5.16 Å². The van der Waals surface area contributed by atoms with Crippen LogP contribution in [0.1, 0.15) is 58.2 Å². The number of amides is 1. The Morgan fingerprint density at radius 2 is 2.09 bits per heavy atom. The average molecular weight is 491 g/mol. The Hall–Kier alpha value is -2.17. The number of anilines is 1. The van der Waals surface area contributed by atoms with Crippen LogP contribution in [0.25, 0.3) is 0 Å². The van der Waals surface area contributed by atoms with Crippen molar-refractivity contribution >= 4 is 51.3 Å². The number of hydrogen-bond donors (Lipinski definition) is 1. The van der Waals surface area contributed by atoms with Crippen LogP contribution in [-0.4, -0.2) is 38.5 Å². The normalized spacial score (nSPS) is 13.2. The van der Waals surface area contributed by atoms with E-state index in [4.69, 9.17) is 4.74 Å². The Morgan fingerprint density at radius 1 is 1.28 bits per heavy atom. The predicted molar refractivity (Wildman–Crippen MR) is 129 cm³/mol. The van der Waals surface area contributed by atoms with Crippen LogP contribution < -0.4 is 5.32 Å². The molecule has 4 rings (SSSR count). The molecule has 0 fully saturated rings. The fourth-order valence-corrected chi connectivity index (χ4v) is 6.35. The van der Waals surface area contributed by atoms with Gasteiger partial charge in [0.1, 0.15) is 10.8 Å². The first-order valence-electron chi connectivity index (χ1n) is 10.6. The van der Waals surface area contributed by atoms with Gasteiger partial charge in [-0.3, -0.25) is 4.79 Å². The number of thiophene rings is 2. The summed E-state index contributed by atoms with van der Waals surface area (Å²) in [5, 5.41) is 14.8. The van der Waals surface area contributed by atoms with Gasteiger partial charge in [0, 0.05) is 23.2 Å². The zero-order valence-corrected chi connectivity index (χ0v) is 20.8. The average Bonchev–Trinajstić information content (AvgIpc) is 3.46. The quantitative estimate of drug-likeness (QED) is 0.364. The summed E-state index contributed by atoms with van der Waals surface area (Å²) >= 11 is 4.52. The van der Waals surface area contributed by atoms with Crippen molar-refractivity contribution in [3.05, 3.63) is 44.2 Å². The third-order valence-electron chi connectivity index (χ3n) is 5.14. The van der Waals surface area contributed by atoms with Crippen LogP contribution in [0.15, 0.2) is 22.7 Å². The van der Waals surface area contributed by atoms with Crippen molar-refractivity contribution in [2.75, 3.05) is 11.1 Å². The number of carbonyl (C=O) groups is 2. The van der Waals surface area contributed by atoms with Gasteiger partial charge in [0.2, 0.25) is 5.91 Å². The molecular formula is C22H26N4O3S3. The monoisotopic (exact) mass is 490 g/mol. The highest BCUT2D eigenvalue weighted by Crippen LogP contribution is 2.39. The van der Waals surface area contributed by atoms with Crippen LogP contribution in [-0.2, 0) is 35.8 Å². The number of hydrogen-bond acceptors (Lipinski definition) is 8. The van der Waals surface area contributed by atoms with E-state index in [9.17, 15) is 9.59 Å². The molecule has 0 spiro atoms. The lowest BCUT2D eigenvalue weighted by Gasteiger charge is -2.14. The van der Waals surface area contributed by atoms with E-state index in [0.717, 1.165) is 43.5 Å². The molecule has 32 heavy (non-hydrogen) atoms. The van der Waals surface area contributed by atoms with Crippen molar-refractivity contribution in [1.82, 2.24) is 14.8 Å². The van der Waals surface area contributed by atoms with Crippen molar-refractivity contribution in [2.24, 2.45) is 7.05 Å². The second kappa shape index (κ2) is 10.2. The summed E-state index contributed by atoms with van der Waals surface area (Å²) in [6.07, 6.45) is 4.46. The van der Waals surface area contributed by atoms with Crippen LogP contribution >= 0.6 is 34.4 Å². The van der Waals surface area contributed by atoms with Gasteiger partial charge in [-0.2, -0.15) is 0 Å². The molecule has 0 atom stereocenters. The number of rotatable bonds is 8. The second-order valence-corrected chi connectivity index (χ2v) is 11.0. The molecule has 1 amide bonds. The number of ether oxygens (including phenoxy) is 1. The highest BCUT2D eigenvalue weighted by atomic mass is 32.2. The maximum Gasteiger partial charge on any atom is 0.341 e. The van der Waals surface area contributed by atoms with E-state index < -0.39 is 0 Å². The lowest BCUT2D eigenvalue weighted by Crippen LogP contribution is -2.19. The Labute approximate surface area is 199 Å². The molecule has 170 valence electrons. The molecule has 0 saturated carbocycles. The topological polar surface area (TPSA) is 86.1 Å². The minimum absolute atomic E-state index is 0.171. The molecule has 0 bridgehead atoms. The molecule has 7 nitrogen and oxygen atoms in total. The Kier molecular flexibility index (Phi) is 7.32. The third kappa shape index (κ3) is 5.24. The first kappa shape index (κ1) is 23.0. The van der Waals surface area contributed by atoms with Gasteiger partial charge < -0.3 is 14.6 Å². The molecule has 3 aromatic rings. The van der Waals surface area contributed by atoms with Crippen molar-refractivity contribution < 1.29 is 14.3 Å². The Morgan fingerprint density at radius 3 is 2.84 bits per heavy atom. The zero-order valence-electron chi connectivity index (χ0n) is 18.3. The summed E-state index contributed by atoms with van der Waals surface area (Å²) in [7, 11) is 1.91.